The molecule has 4 saturated heterocycles. The largest absolute Gasteiger partial charge is 0.352 e. The number of likely N-dealkylation sites (tertiary alicyclic amines) is 1. The van der Waals surface area contributed by atoms with Crippen LogP contribution in [-0.4, -0.2) is 57.1 Å². The summed E-state index contributed by atoms with van der Waals surface area (Å²) in [5, 5.41) is 15.5. The number of nitriles is 1. The number of piperidine rings is 1. The zero-order valence-corrected chi connectivity index (χ0v) is 30.6. The first kappa shape index (κ1) is 33.3. The number of aromatic nitrogens is 3. The molecule has 5 aromatic rings. The lowest BCUT2D eigenvalue weighted by atomic mass is 9.79. The van der Waals surface area contributed by atoms with E-state index in [-0.39, 0.29) is 64.7 Å². The summed E-state index contributed by atoms with van der Waals surface area (Å²) in [5.74, 6) is 0.0641. The summed E-state index contributed by atoms with van der Waals surface area (Å²) in [6, 6.07) is 14.7. The van der Waals surface area contributed by atoms with Gasteiger partial charge < -0.3 is 19.7 Å². The van der Waals surface area contributed by atoms with E-state index in [1.807, 2.05) is 17.9 Å². The Kier molecular flexibility index (Phi) is 7.77. The zero-order chi connectivity index (χ0) is 36.3. The Balaban J connectivity index is 1.22. The van der Waals surface area contributed by atoms with Crippen molar-refractivity contribution in [3.05, 3.63) is 87.3 Å². The quantitative estimate of drug-likeness (QED) is 0.180. The number of hydrogen-bond donors (Lipinski definition) is 1. The van der Waals surface area contributed by atoms with Crippen molar-refractivity contribution >= 4 is 56.7 Å². The van der Waals surface area contributed by atoms with Crippen molar-refractivity contribution in [1.82, 2.24) is 24.8 Å². The first-order valence-electron chi connectivity index (χ1n) is 18.6. The molecule has 270 valence electrons. The van der Waals surface area contributed by atoms with Gasteiger partial charge in [-0.15, -0.1) is 0 Å². The monoisotopic (exact) mass is 751 g/mol. The molecule has 6 fully saturated rings. The lowest BCUT2D eigenvalue weighted by Gasteiger charge is -2.40. The van der Waals surface area contributed by atoms with Crippen LogP contribution >= 0.6 is 23.2 Å². The molecule has 6 unspecified atom stereocenters. The molecule has 6 aliphatic rings. The first-order valence-corrected chi connectivity index (χ1v) is 19.4. The highest BCUT2D eigenvalue weighted by Gasteiger charge is 2.55. The molecule has 4 aliphatic heterocycles. The van der Waals surface area contributed by atoms with E-state index in [0.29, 0.717) is 64.0 Å². The van der Waals surface area contributed by atoms with Gasteiger partial charge in [-0.05, 0) is 80.8 Å². The van der Waals surface area contributed by atoms with Crippen LogP contribution in [-0.2, 0) is 11.2 Å². The van der Waals surface area contributed by atoms with Gasteiger partial charge in [-0.1, -0.05) is 35.3 Å². The van der Waals surface area contributed by atoms with E-state index in [9.17, 15) is 10.1 Å². The van der Waals surface area contributed by atoms with Crippen molar-refractivity contribution in [1.29, 1.82) is 5.26 Å². The molecule has 0 radical (unpaired) electrons. The zero-order valence-electron chi connectivity index (χ0n) is 29.1. The summed E-state index contributed by atoms with van der Waals surface area (Å²) in [4.78, 5) is 27.9. The Morgan fingerprint density at radius 2 is 1.92 bits per heavy atom. The number of benzene rings is 2. The van der Waals surface area contributed by atoms with Crippen LogP contribution in [0.2, 0.25) is 10.0 Å². The summed E-state index contributed by atoms with van der Waals surface area (Å²) in [7, 11) is 0. The van der Waals surface area contributed by atoms with Crippen molar-refractivity contribution in [2.75, 3.05) is 24.5 Å². The van der Waals surface area contributed by atoms with E-state index in [0.717, 1.165) is 48.8 Å². The fourth-order valence-corrected chi connectivity index (χ4v) is 10.5. The van der Waals surface area contributed by atoms with Crippen molar-refractivity contribution in [3.8, 4) is 17.2 Å². The van der Waals surface area contributed by atoms with Gasteiger partial charge >= 0.3 is 0 Å². The van der Waals surface area contributed by atoms with Crippen LogP contribution in [0.3, 0.4) is 0 Å². The fraction of sp³-hybridized carbons (Fsp3) is 0.415. The predicted molar refractivity (Wildman–Crippen MR) is 201 cm³/mol. The van der Waals surface area contributed by atoms with Crippen LogP contribution in [0.25, 0.3) is 32.9 Å². The molecule has 8 nitrogen and oxygen atoms in total. The summed E-state index contributed by atoms with van der Waals surface area (Å²) in [6.07, 6.45) is 5.77. The molecular weight excluding hydrogens is 715 g/mol. The highest BCUT2D eigenvalue weighted by atomic mass is 35.5. The molecule has 2 aliphatic carbocycles. The maximum Gasteiger partial charge on any atom is 0.226 e. The molecule has 2 saturated carbocycles. The number of nitrogens with one attached hydrogen (secondary N) is 1. The number of carbonyl (C=O) groups is 1. The van der Waals surface area contributed by atoms with Gasteiger partial charge in [0.25, 0.3) is 0 Å². The normalized spacial score (nSPS) is 26.0. The smallest absolute Gasteiger partial charge is 0.226 e. The fourth-order valence-electron chi connectivity index (χ4n) is 10.1. The summed E-state index contributed by atoms with van der Waals surface area (Å²) < 4.78 is 34.9. The topological polar surface area (TPSA) is 90.1 Å². The van der Waals surface area contributed by atoms with Crippen LogP contribution in [0.4, 0.5) is 14.6 Å². The third-order valence-electron chi connectivity index (χ3n) is 12.6. The number of pyridine rings is 2. The number of nitrogens with zero attached hydrogens (tertiary/aromatic N) is 6. The standard InChI is InChI=1S/C41H37Cl2F2N7O/c1-20-27-16-32(38-24-13-25(51(38)41(53)21-9-10-21)19-50(18-24)40-30(44)8-4-12-47-40)52(37-23-15-31(37)48-17-23)39(27)28-14-22(5-3-11-46)33(35(45)36(28)49-20)26-6-2-7-29(42)34(26)43/h2,4,6-8,12,14,16,21,23-25,31,37-38,48H,3,5,9-10,13,15,17-19H2,1H3. The van der Waals surface area contributed by atoms with Gasteiger partial charge in [-0.2, -0.15) is 5.26 Å². The molecule has 53 heavy (non-hydrogen) atoms. The number of carbonyl (C=O) groups excluding carboxylic acids is 1. The van der Waals surface area contributed by atoms with Crippen LogP contribution in [0, 0.1) is 47.6 Å². The number of anilines is 1. The summed E-state index contributed by atoms with van der Waals surface area (Å²) in [5.41, 5.74) is 4.29. The number of halogens is 4. The minimum absolute atomic E-state index is 0.00835. The van der Waals surface area contributed by atoms with E-state index in [1.54, 1.807) is 30.5 Å². The molecule has 11 rings (SSSR count). The number of fused-ring (bicyclic) bond motifs is 6. The maximum absolute atomic E-state index is 17.3. The van der Waals surface area contributed by atoms with Crippen molar-refractivity contribution in [2.45, 2.75) is 69.6 Å². The van der Waals surface area contributed by atoms with Gasteiger partial charge in [0.2, 0.25) is 5.91 Å². The number of rotatable bonds is 7. The highest BCUT2D eigenvalue weighted by Crippen LogP contribution is 2.54. The minimum atomic E-state index is -0.496. The summed E-state index contributed by atoms with van der Waals surface area (Å²) >= 11 is 13.1. The second kappa shape index (κ2) is 12.4. The van der Waals surface area contributed by atoms with Crippen molar-refractivity contribution < 1.29 is 13.6 Å². The van der Waals surface area contributed by atoms with E-state index >= 15 is 8.78 Å². The maximum atomic E-state index is 17.3. The SMILES string of the molecule is Cc1nc2c(F)c(-c3cccc(Cl)c3Cl)c(CCC#N)cc2c2c1cc(C1C3CC(CN(c4ncccc4F)C3)N1C(=O)C1CC1)n2C1C2CNC1C2. The molecule has 6 atom stereocenters. The van der Waals surface area contributed by atoms with Crippen LogP contribution in [0.1, 0.15) is 61.1 Å². The molecule has 2 aromatic carbocycles. The van der Waals surface area contributed by atoms with E-state index in [4.69, 9.17) is 28.2 Å². The van der Waals surface area contributed by atoms with Gasteiger partial charge in [0.15, 0.2) is 17.5 Å². The predicted octanol–water partition coefficient (Wildman–Crippen LogP) is 8.32. The third-order valence-corrected chi connectivity index (χ3v) is 13.4. The number of hydrogen-bond acceptors (Lipinski definition) is 6. The van der Waals surface area contributed by atoms with E-state index < -0.39 is 5.82 Å². The van der Waals surface area contributed by atoms with Crippen LogP contribution < -0.4 is 10.2 Å². The summed E-state index contributed by atoms with van der Waals surface area (Å²) in [6.45, 7) is 3.89. The van der Waals surface area contributed by atoms with Gasteiger partial charge in [-0.3, -0.25) is 4.79 Å². The lowest BCUT2D eigenvalue weighted by molar-refractivity contribution is -0.135. The average molecular weight is 753 g/mol. The second-order valence-corrected chi connectivity index (χ2v) is 16.4. The molecule has 3 aromatic heterocycles. The van der Waals surface area contributed by atoms with Gasteiger partial charge in [0, 0.05) is 83.4 Å². The molecule has 0 spiro atoms. The number of amides is 1. The van der Waals surface area contributed by atoms with Crippen LogP contribution in [0.5, 0.6) is 0 Å². The molecule has 1 amide bonds. The Labute approximate surface area is 315 Å². The molecular formula is C41H37Cl2F2N7O. The average Bonchev–Trinajstić information content (AvgIpc) is 3.43. The van der Waals surface area contributed by atoms with Gasteiger partial charge in [-0.25, -0.2) is 18.7 Å². The van der Waals surface area contributed by atoms with E-state index in [2.05, 4.69) is 31.9 Å². The Morgan fingerprint density at radius 1 is 1.08 bits per heavy atom. The van der Waals surface area contributed by atoms with Crippen LogP contribution in [0.15, 0.2) is 48.7 Å². The third kappa shape index (κ3) is 5.03. The minimum Gasteiger partial charge on any atom is -0.352 e. The molecule has 7 heterocycles. The number of aryl methyl sites for hydroxylation is 2. The molecule has 4 bridgehead atoms. The molecule has 1 N–H and O–H groups in total. The first-order chi connectivity index (χ1) is 25.7. The van der Waals surface area contributed by atoms with Gasteiger partial charge in [0.1, 0.15) is 5.52 Å². The lowest BCUT2D eigenvalue weighted by Crippen LogP contribution is -2.45. The van der Waals surface area contributed by atoms with Crippen molar-refractivity contribution in [3.63, 3.8) is 0 Å². The second-order valence-electron chi connectivity index (χ2n) is 15.6. The highest BCUT2D eigenvalue weighted by molar-refractivity contribution is 6.43. The molecule has 12 heteroatoms. The Morgan fingerprint density at radius 3 is 2.66 bits per heavy atom. The van der Waals surface area contributed by atoms with Crippen molar-refractivity contribution in [2.24, 2.45) is 17.8 Å². The van der Waals surface area contributed by atoms with E-state index in [1.165, 1.54) is 6.07 Å². The Hall–Kier alpha value is -4.30. The van der Waals surface area contributed by atoms with Gasteiger partial charge in [0.05, 0.1) is 39.8 Å². The Bertz CT molecular complexity index is 2390.